The number of anilines is 1. The summed E-state index contributed by atoms with van der Waals surface area (Å²) in [6.45, 7) is 2.33. The summed E-state index contributed by atoms with van der Waals surface area (Å²) >= 11 is 0. The van der Waals surface area contributed by atoms with E-state index in [4.69, 9.17) is 0 Å². The standard InChI is InChI=1S/C15H22N2O/c1-11-3-7-13(8-4-11)17-14-9-5-12(6-10-14)15(18)16-2/h5-6,9-11,13,17H,3-4,7-8H2,1-2H3,(H,16,18). The summed E-state index contributed by atoms with van der Waals surface area (Å²) in [5, 5.41) is 6.18. The van der Waals surface area contributed by atoms with E-state index in [-0.39, 0.29) is 5.91 Å². The first kappa shape index (κ1) is 12.9. The first-order valence-corrected chi connectivity index (χ1v) is 6.77. The number of nitrogens with one attached hydrogen (secondary N) is 2. The van der Waals surface area contributed by atoms with Crippen LogP contribution in [0, 0.1) is 5.92 Å². The number of hydrogen-bond donors (Lipinski definition) is 2. The van der Waals surface area contributed by atoms with Crippen molar-refractivity contribution >= 4 is 11.6 Å². The summed E-state index contributed by atoms with van der Waals surface area (Å²) in [6.07, 6.45) is 5.12. The second-order valence-electron chi connectivity index (χ2n) is 5.26. The second-order valence-corrected chi connectivity index (χ2v) is 5.26. The molecule has 0 saturated heterocycles. The molecular weight excluding hydrogens is 224 g/mol. The Labute approximate surface area is 109 Å². The number of benzene rings is 1. The van der Waals surface area contributed by atoms with Crippen LogP contribution in [0.5, 0.6) is 0 Å². The van der Waals surface area contributed by atoms with E-state index in [0.29, 0.717) is 11.6 Å². The zero-order chi connectivity index (χ0) is 13.0. The van der Waals surface area contributed by atoms with Crippen LogP contribution < -0.4 is 10.6 Å². The molecule has 1 aliphatic carbocycles. The van der Waals surface area contributed by atoms with Gasteiger partial charge in [-0.1, -0.05) is 6.92 Å². The molecule has 0 heterocycles. The third kappa shape index (κ3) is 3.25. The van der Waals surface area contributed by atoms with Gasteiger partial charge in [0.1, 0.15) is 0 Å². The molecule has 98 valence electrons. The molecule has 1 aromatic rings. The molecule has 18 heavy (non-hydrogen) atoms. The van der Waals surface area contributed by atoms with Crippen LogP contribution in [0.1, 0.15) is 43.0 Å². The highest BCUT2D eigenvalue weighted by Crippen LogP contribution is 2.26. The van der Waals surface area contributed by atoms with Crippen LogP contribution in [0.15, 0.2) is 24.3 Å². The van der Waals surface area contributed by atoms with Crippen LogP contribution in [0.3, 0.4) is 0 Å². The van der Waals surface area contributed by atoms with E-state index in [1.807, 2.05) is 24.3 Å². The van der Waals surface area contributed by atoms with Crippen molar-refractivity contribution < 1.29 is 4.79 Å². The molecule has 0 radical (unpaired) electrons. The van der Waals surface area contributed by atoms with E-state index < -0.39 is 0 Å². The zero-order valence-electron chi connectivity index (χ0n) is 11.2. The highest BCUT2D eigenvalue weighted by Gasteiger charge is 2.17. The Bertz CT molecular complexity index is 391. The van der Waals surface area contributed by atoms with E-state index in [2.05, 4.69) is 17.6 Å². The Morgan fingerprint density at radius 2 is 1.72 bits per heavy atom. The van der Waals surface area contributed by atoms with Crippen LogP contribution in [-0.4, -0.2) is 19.0 Å². The highest BCUT2D eigenvalue weighted by molar-refractivity contribution is 5.94. The summed E-state index contributed by atoms with van der Waals surface area (Å²) in [7, 11) is 1.65. The van der Waals surface area contributed by atoms with Gasteiger partial charge in [-0.3, -0.25) is 4.79 Å². The largest absolute Gasteiger partial charge is 0.382 e. The van der Waals surface area contributed by atoms with Crippen molar-refractivity contribution in [2.75, 3.05) is 12.4 Å². The lowest BCUT2D eigenvalue weighted by atomic mass is 9.87. The fourth-order valence-corrected chi connectivity index (χ4v) is 2.50. The second kappa shape index (κ2) is 5.89. The minimum absolute atomic E-state index is 0.0342. The monoisotopic (exact) mass is 246 g/mol. The van der Waals surface area contributed by atoms with Crippen LogP contribution >= 0.6 is 0 Å². The zero-order valence-corrected chi connectivity index (χ0v) is 11.2. The Balaban J connectivity index is 1.92. The van der Waals surface area contributed by atoms with Crippen LogP contribution in [0.2, 0.25) is 0 Å². The topological polar surface area (TPSA) is 41.1 Å². The van der Waals surface area contributed by atoms with Crippen LogP contribution in [0.4, 0.5) is 5.69 Å². The molecule has 0 aliphatic heterocycles. The van der Waals surface area contributed by atoms with Gasteiger partial charge in [0.15, 0.2) is 0 Å². The number of hydrogen-bond acceptors (Lipinski definition) is 2. The number of amides is 1. The summed E-state index contributed by atoms with van der Waals surface area (Å²) in [6, 6.07) is 8.30. The summed E-state index contributed by atoms with van der Waals surface area (Å²) in [5.41, 5.74) is 1.82. The van der Waals surface area contributed by atoms with Crippen molar-refractivity contribution in [1.82, 2.24) is 5.32 Å². The molecule has 2 N–H and O–H groups in total. The van der Waals surface area contributed by atoms with Gasteiger partial charge in [0.05, 0.1) is 0 Å². The maximum Gasteiger partial charge on any atom is 0.251 e. The van der Waals surface area contributed by atoms with Gasteiger partial charge in [-0.25, -0.2) is 0 Å². The SMILES string of the molecule is CNC(=O)c1ccc(NC2CCC(C)CC2)cc1. The van der Waals surface area contributed by atoms with Gasteiger partial charge in [-0.05, 0) is 55.9 Å². The molecule has 3 heteroatoms. The van der Waals surface area contributed by atoms with E-state index in [0.717, 1.165) is 11.6 Å². The third-order valence-corrected chi connectivity index (χ3v) is 3.76. The van der Waals surface area contributed by atoms with E-state index in [1.54, 1.807) is 7.05 Å². The Kier molecular flexibility index (Phi) is 4.24. The molecule has 1 aromatic carbocycles. The van der Waals surface area contributed by atoms with Gasteiger partial charge in [-0.2, -0.15) is 0 Å². The Hall–Kier alpha value is -1.51. The summed E-state index contributed by atoms with van der Waals surface area (Å²) in [4.78, 5) is 11.4. The van der Waals surface area contributed by atoms with Gasteiger partial charge in [0.25, 0.3) is 5.91 Å². The summed E-state index contributed by atoms with van der Waals surface area (Å²) in [5.74, 6) is 0.840. The predicted octanol–water partition coefficient (Wildman–Crippen LogP) is 3.04. The number of carbonyl (C=O) groups is 1. The van der Waals surface area contributed by atoms with Gasteiger partial charge < -0.3 is 10.6 Å². The van der Waals surface area contributed by atoms with E-state index >= 15 is 0 Å². The maximum atomic E-state index is 11.4. The fourth-order valence-electron chi connectivity index (χ4n) is 2.50. The lowest BCUT2D eigenvalue weighted by molar-refractivity contribution is 0.0963. The fraction of sp³-hybridized carbons (Fsp3) is 0.533. The molecule has 1 fully saturated rings. The number of carbonyl (C=O) groups excluding carboxylic acids is 1. The van der Waals surface area contributed by atoms with Gasteiger partial charge in [0, 0.05) is 24.3 Å². The van der Waals surface area contributed by atoms with Crippen molar-refractivity contribution in [3.63, 3.8) is 0 Å². The third-order valence-electron chi connectivity index (χ3n) is 3.76. The first-order valence-electron chi connectivity index (χ1n) is 6.77. The minimum atomic E-state index is -0.0342. The lowest BCUT2D eigenvalue weighted by Crippen LogP contribution is -2.25. The molecule has 0 bridgehead atoms. The molecule has 1 saturated carbocycles. The van der Waals surface area contributed by atoms with Crippen molar-refractivity contribution in [1.29, 1.82) is 0 Å². The van der Waals surface area contributed by atoms with Crippen LogP contribution in [-0.2, 0) is 0 Å². The molecule has 0 unspecified atom stereocenters. The average molecular weight is 246 g/mol. The van der Waals surface area contributed by atoms with Crippen LogP contribution in [0.25, 0.3) is 0 Å². The van der Waals surface area contributed by atoms with Crippen molar-refractivity contribution in [2.45, 2.75) is 38.6 Å². The Morgan fingerprint density at radius 1 is 1.11 bits per heavy atom. The molecular formula is C15H22N2O. The molecule has 3 nitrogen and oxygen atoms in total. The van der Waals surface area contributed by atoms with Gasteiger partial charge >= 0.3 is 0 Å². The normalized spacial score (nSPS) is 23.4. The molecule has 1 amide bonds. The Morgan fingerprint density at radius 3 is 2.28 bits per heavy atom. The quantitative estimate of drug-likeness (QED) is 0.860. The van der Waals surface area contributed by atoms with Gasteiger partial charge in [0.2, 0.25) is 0 Å². The molecule has 0 atom stereocenters. The van der Waals surface area contributed by atoms with E-state index in [1.165, 1.54) is 25.7 Å². The minimum Gasteiger partial charge on any atom is -0.382 e. The van der Waals surface area contributed by atoms with Gasteiger partial charge in [-0.15, -0.1) is 0 Å². The lowest BCUT2D eigenvalue weighted by Gasteiger charge is -2.27. The predicted molar refractivity (Wildman–Crippen MR) is 74.9 cm³/mol. The molecule has 0 aromatic heterocycles. The maximum absolute atomic E-state index is 11.4. The number of rotatable bonds is 3. The highest BCUT2D eigenvalue weighted by atomic mass is 16.1. The first-order chi connectivity index (χ1) is 8.69. The molecule has 1 aliphatic rings. The molecule has 2 rings (SSSR count). The van der Waals surface area contributed by atoms with Crippen molar-refractivity contribution in [3.05, 3.63) is 29.8 Å². The summed E-state index contributed by atoms with van der Waals surface area (Å²) < 4.78 is 0. The molecule has 0 spiro atoms. The average Bonchev–Trinajstić information content (AvgIpc) is 2.41. The smallest absolute Gasteiger partial charge is 0.251 e. The van der Waals surface area contributed by atoms with Crippen molar-refractivity contribution in [2.24, 2.45) is 5.92 Å². The van der Waals surface area contributed by atoms with Crippen molar-refractivity contribution in [3.8, 4) is 0 Å². The van der Waals surface area contributed by atoms with E-state index in [9.17, 15) is 4.79 Å².